The summed E-state index contributed by atoms with van der Waals surface area (Å²) in [7, 11) is 4.01. The minimum atomic E-state index is -0.381. The molecule has 0 saturated carbocycles. The Kier molecular flexibility index (Phi) is 11.2. The molecule has 7 nitrogen and oxygen atoms in total. The molecule has 0 spiro atoms. The standard InChI is InChI=1S/C24H40N4O3/c1-4-5-9-20-11-13-21(14-12-20)26-23(29)28-18-7-6-10-22(28)15-19-31-24(30)25-16-8-17-27(2)3/h11-14,22H,4-10,15-19H2,1-3H3,(H,25,30)(H,26,29). The molecule has 2 N–H and O–H groups in total. The van der Waals surface area contributed by atoms with Crippen LogP contribution in [0.2, 0.25) is 0 Å². The zero-order chi connectivity index (χ0) is 22.5. The number of amides is 3. The SMILES string of the molecule is CCCCc1ccc(NC(=O)N2CCCCC2CCOC(=O)NCCCN(C)C)cc1. The average molecular weight is 433 g/mol. The number of nitrogens with one attached hydrogen (secondary N) is 2. The second-order valence-electron chi connectivity index (χ2n) is 8.58. The van der Waals surface area contributed by atoms with Crippen molar-refractivity contribution in [2.45, 2.75) is 64.3 Å². The molecule has 0 radical (unpaired) electrons. The van der Waals surface area contributed by atoms with Crippen LogP contribution in [0, 0.1) is 0 Å². The molecule has 0 aliphatic carbocycles. The lowest BCUT2D eigenvalue weighted by Crippen LogP contribution is -2.46. The largest absolute Gasteiger partial charge is 0.449 e. The molecule has 1 saturated heterocycles. The normalized spacial score (nSPS) is 16.3. The third-order valence-corrected chi connectivity index (χ3v) is 5.65. The fourth-order valence-corrected chi connectivity index (χ4v) is 3.82. The van der Waals surface area contributed by atoms with Gasteiger partial charge >= 0.3 is 12.1 Å². The van der Waals surface area contributed by atoms with Crippen LogP contribution in [0.4, 0.5) is 15.3 Å². The van der Waals surface area contributed by atoms with Gasteiger partial charge in [0.25, 0.3) is 0 Å². The summed E-state index contributed by atoms with van der Waals surface area (Å²) < 4.78 is 5.32. The fraction of sp³-hybridized carbons (Fsp3) is 0.667. The van der Waals surface area contributed by atoms with Gasteiger partial charge in [-0.1, -0.05) is 25.5 Å². The van der Waals surface area contributed by atoms with Crippen molar-refractivity contribution >= 4 is 17.8 Å². The molecule has 1 fully saturated rings. The summed E-state index contributed by atoms with van der Waals surface area (Å²) in [6, 6.07) is 8.16. The van der Waals surface area contributed by atoms with Crippen molar-refractivity contribution in [1.29, 1.82) is 0 Å². The van der Waals surface area contributed by atoms with Gasteiger partial charge in [0.05, 0.1) is 6.61 Å². The summed E-state index contributed by atoms with van der Waals surface area (Å²) in [5.41, 5.74) is 2.12. The van der Waals surface area contributed by atoms with Crippen LogP contribution >= 0.6 is 0 Å². The maximum Gasteiger partial charge on any atom is 0.407 e. The lowest BCUT2D eigenvalue weighted by Gasteiger charge is -2.35. The maximum atomic E-state index is 12.9. The van der Waals surface area contributed by atoms with Crippen LogP contribution in [0.25, 0.3) is 0 Å². The summed E-state index contributed by atoms with van der Waals surface area (Å²) in [6.45, 7) is 4.77. The van der Waals surface area contributed by atoms with E-state index in [1.165, 1.54) is 18.4 Å². The smallest absolute Gasteiger partial charge is 0.407 e. The van der Waals surface area contributed by atoms with Gasteiger partial charge in [-0.25, -0.2) is 9.59 Å². The van der Waals surface area contributed by atoms with E-state index in [0.29, 0.717) is 19.6 Å². The first-order valence-electron chi connectivity index (χ1n) is 11.7. The molecule has 1 aliphatic rings. The third-order valence-electron chi connectivity index (χ3n) is 5.65. The van der Waals surface area contributed by atoms with Gasteiger partial charge in [-0.2, -0.15) is 0 Å². The number of benzene rings is 1. The molecule has 1 aliphatic heterocycles. The van der Waals surface area contributed by atoms with E-state index < -0.39 is 0 Å². The van der Waals surface area contributed by atoms with Crippen LogP contribution < -0.4 is 10.6 Å². The molecular formula is C24H40N4O3. The van der Waals surface area contributed by atoms with E-state index in [1.54, 1.807) is 0 Å². The van der Waals surface area contributed by atoms with Gasteiger partial charge in [-0.3, -0.25) is 0 Å². The van der Waals surface area contributed by atoms with Gasteiger partial charge in [0.2, 0.25) is 0 Å². The molecule has 1 heterocycles. The van der Waals surface area contributed by atoms with E-state index in [0.717, 1.165) is 50.9 Å². The van der Waals surface area contributed by atoms with E-state index in [1.807, 2.05) is 31.1 Å². The number of aryl methyl sites for hydroxylation is 1. The molecule has 174 valence electrons. The molecule has 1 unspecified atom stereocenters. The first-order chi connectivity index (χ1) is 15.0. The van der Waals surface area contributed by atoms with Crippen molar-refractivity contribution in [2.75, 3.05) is 45.7 Å². The molecule has 1 aromatic carbocycles. The minimum Gasteiger partial charge on any atom is -0.449 e. The minimum absolute atomic E-state index is 0.0702. The Labute approximate surface area is 187 Å². The highest BCUT2D eigenvalue weighted by molar-refractivity contribution is 5.89. The van der Waals surface area contributed by atoms with Gasteiger partial charge in [-0.15, -0.1) is 0 Å². The summed E-state index contributed by atoms with van der Waals surface area (Å²) in [6.07, 6.45) is 7.64. The molecule has 3 amide bonds. The van der Waals surface area contributed by atoms with Crippen LogP contribution in [0.3, 0.4) is 0 Å². The van der Waals surface area contributed by atoms with Crippen molar-refractivity contribution in [3.8, 4) is 0 Å². The Morgan fingerprint density at radius 2 is 1.94 bits per heavy atom. The van der Waals surface area contributed by atoms with E-state index in [9.17, 15) is 9.59 Å². The van der Waals surface area contributed by atoms with E-state index in [-0.39, 0.29) is 18.2 Å². The van der Waals surface area contributed by atoms with Crippen molar-refractivity contribution in [2.24, 2.45) is 0 Å². The number of carbonyl (C=O) groups excluding carboxylic acids is 2. The number of alkyl carbamates (subject to hydrolysis) is 1. The van der Waals surface area contributed by atoms with Gasteiger partial charge in [0, 0.05) is 31.2 Å². The second kappa shape index (κ2) is 13.9. The fourth-order valence-electron chi connectivity index (χ4n) is 3.82. The topological polar surface area (TPSA) is 73.9 Å². The summed E-state index contributed by atoms with van der Waals surface area (Å²) in [4.78, 5) is 28.7. The number of carbonyl (C=O) groups is 2. The zero-order valence-corrected chi connectivity index (χ0v) is 19.5. The van der Waals surface area contributed by atoms with Crippen LogP contribution in [0.1, 0.15) is 57.4 Å². The van der Waals surface area contributed by atoms with Crippen LogP contribution in [-0.4, -0.2) is 68.3 Å². The molecule has 2 rings (SSSR count). The number of rotatable bonds is 11. The third kappa shape index (κ3) is 9.59. The van der Waals surface area contributed by atoms with Crippen LogP contribution in [0.15, 0.2) is 24.3 Å². The van der Waals surface area contributed by atoms with E-state index >= 15 is 0 Å². The molecule has 7 heteroatoms. The van der Waals surface area contributed by atoms with Crippen molar-refractivity contribution in [3.63, 3.8) is 0 Å². The Hall–Kier alpha value is -2.28. The molecule has 31 heavy (non-hydrogen) atoms. The highest BCUT2D eigenvalue weighted by Crippen LogP contribution is 2.21. The molecule has 1 aromatic rings. The second-order valence-corrected chi connectivity index (χ2v) is 8.58. The van der Waals surface area contributed by atoms with Gasteiger partial charge in [0.1, 0.15) is 0 Å². The number of unbranched alkanes of at least 4 members (excludes halogenated alkanes) is 1. The summed E-state index contributed by atoms with van der Waals surface area (Å²) >= 11 is 0. The number of ether oxygens (including phenoxy) is 1. The van der Waals surface area contributed by atoms with Crippen LogP contribution in [0.5, 0.6) is 0 Å². The monoisotopic (exact) mass is 432 g/mol. The van der Waals surface area contributed by atoms with Crippen molar-refractivity contribution in [3.05, 3.63) is 29.8 Å². The Morgan fingerprint density at radius 1 is 1.16 bits per heavy atom. The first-order valence-corrected chi connectivity index (χ1v) is 11.7. The summed E-state index contributed by atoms with van der Waals surface area (Å²) in [5, 5.41) is 5.81. The Bertz CT molecular complexity index is 663. The number of piperidine rings is 1. The maximum absolute atomic E-state index is 12.9. The quantitative estimate of drug-likeness (QED) is 0.506. The van der Waals surface area contributed by atoms with E-state index in [2.05, 4.69) is 34.6 Å². The zero-order valence-electron chi connectivity index (χ0n) is 19.5. The highest BCUT2D eigenvalue weighted by Gasteiger charge is 2.26. The predicted molar refractivity (Wildman–Crippen MR) is 126 cm³/mol. The number of urea groups is 1. The lowest BCUT2D eigenvalue weighted by atomic mass is 10.00. The number of hydrogen-bond acceptors (Lipinski definition) is 4. The molecule has 1 atom stereocenters. The lowest BCUT2D eigenvalue weighted by molar-refractivity contribution is 0.116. The number of nitrogens with zero attached hydrogens (tertiary/aromatic N) is 2. The van der Waals surface area contributed by atoms with Crippen molar-refractivity contribution < 1.29 is 14.3 Å². The van der Waals surface area contributed by atoms with Gasteiger partial charge < -0.3 is 25.2 Å². The van der Waals surface area contributed by atoms with E-state index in [4.69, 9.17) is 4.74 Å². The van der Waals surface area contributed by atoms with Gasteiger partial charge in [-0.05, 0) is 76.9 Å². The first kappa shape index (κ1) is 25.0. The number of anilines is 1. The van der Waals surface area contributed by atoms with Gasteiger partial charge in [0.15, 0.2) is 0 Å². The molecule has 0 aromatic heterocycles. The molecule has 0 bridgehead atoms. The number of likely N-dealkylation sites (tertiary alicyclic amines) is 1. The van der Waals surface area contributed by atoms with Crippen LogP contribution in [-0.2, 0) is 11.2 Å². The van der Waals surface area contributed by atoms with Crippen molar-refractivity contribution in [1.82, 2.24) is 15.1 Å². The molecular weight excluding hydrogens is 392 g/mol. The Balaban J connectivity index is 1.75. The average Bonchev–Trinajstić information content (AvgIpc) is 2.76. The highest BCUT2D eigenvalue weighted by atomic mass is 16.5. The number of hydrogen-bond donors (Lipinski definition) is 2. The predicted octanol–water partition coefficient (Wildman–Crippen LogP) is 4.48. The summed E-state index contributed by atoms with van der Waals surface area (Å²) in [5.74, 6) is 0. The Morgan fingerprint density at radius 3 is 2.65 bits per heavy atom.